The highest BCUT2D eigenvalue weighted by Gasteiger charge is 2.17. The Balaban J connectivity index is 1.25. The van der Waals surface area contributed by atoms with Crippen molar-refractivity contribution in [3.8, 4) is 5.75 Å². The van der Waals surface area contributed by atoms with Crippen LogP contribution in [0.1, 0.15) is 29.8 Å². The van der Waals surface area contributed by atoms with Crippen LogP contribution in [0.15, 0.2) is 120 Å². The van der Waals surface area contributed by atoms with Crippen molar-refractivity contribution in [2.45, 2.75) is 24.0 Å². The number of aromatic nitrogens is 1. The van der Waals surface area contributed by atoms with Crippen molar-refractivity contribution >= 4 is 57.8 Å². The topological polar surface area (TPSA) is 112 Å². The third kappa shape index (κ3) is 7.76. The Bertz CT molecular complexity index is 1780. The first-order valence-electron chi connectivity index (χ1n) is 14.2. The highest BCUT2D eigenvalue weighted by molar-refractivity contribution is 8.00. The summed E-state index contributed by atoms with van der Waals surface area (Å²) in [5.74, 6) is -0.240. The number of ether oxygens (including phenoxy) is 1. The number of aromatic amines is 1. The molecule has 5 aromatic rings. The average molecular weight is 605 g/mol. The monoisotopic (exact) mass is 604 g/mol. The molecule has 1 atom stereocenters. The van der Waals surface area contributed by atoms with Gasteiger partial charge in [0.25, 0.3) is 11.8 Å². The smallest absolute Gasteiger partial charge is 0.272 e. The summed E-state index contributed by atoms with van der Waals surface area (Å²) < 4.78 is 5.45. The van der Waals surface area contributed by atoms with E-state index in [1.54, 1.807) is 60.8 Å². The van der Waals surface area contributed by atoms with Crippen LogP contribution in [-0.4, -0.2) is 34.6 Å². The lowest BCUT2D eigenvalue weighted by Crippen LogP contribution is -2.30. The standard InChI is InChI=1S/C35H32N4O4S/c1-3-43-28-17-13-26(14-18-28)37-33(40)23(2)44-29-19-15-27(16-20-29)38-35(42)32(39-34(41)24-9-5-4-6-10-24)21-25-22-36-31-12-8-7-11-30(25)31/h4-23,36H,3H2,1-2H3,(H,37,40)(H,38,42)(H,39,41)/b32-21+/t23-/m0/s1. The maximum Gasteiger partial charge on any atom is 0.272 e. The van der Waals surface area contributed by atoms with Crippen molar-refractivity contribution in [2.75, 3.05) is 17.2 Å². The second-order valence-electron chi connectivity index (χ2n) is 9.85. The fourth-order valence-electron chi connectivity index (χ4n) is 4.43. The van der Waals surface area contributed by atoms with Crippen molar-refractivity contribution in [2.24, 2.45) is 0 Å². The Morgan fingerprint density at radius 2 is 1.50 bits per heavy atom. The molecule has 222 valence electrons. The van der Waals surface area contributed by atoms with Gasteiger partial charge in [-0.05, 0) is 86.7 Å². The second kappa shape index (κ2) is 14.3. The van der Waals surface area contributed by atoms with Crippen LogP contribution >= 0.6 is 11.8 Å². The van der Waals surface area contributed by atoms with Gasteiger partial charge in [-0.1, -0.05) is 36.4 Å². The van der Waals surface area contributed by atoms with E-state index < -0.39 is 11.8 Å². The largest absolute Gasteiger partial charge is 0.494 e. The number of para-hydroxylation sites is 1. The van der Waals surface area contributed by atoms with Gasteiger partial charge in [-0.25, -0.2) is 0 Å². The first-order valence-corrected chi connectivity index (χ1v) is 15.0. The van der Waals surface area contributed by atoms with Crippen LogP contribution in [0.5, 0.6) is 5.75 Å². The van der Waals surface area contributed by atoms with E-state index in [-0.39, 0.29) is 16.9 Å². The quantitative estimate of drug-likeness (QED) is 0.0950. The van der Waals surface area contributed by atoms with Crippen molar-refractivity contribution in [3.05, 3.63) is 126 Å². The fourth-order valence-corrected chi connectivity index (χ4v) is 5.30. The zero-order valence-corrected chi connectivity index (χ0v) is 25.1. The molecule has 0 saturated heterocycles. The summed E-state index contributed by atoms with van der Waals surface area (Å²) in [6, 6.07) is 30.9. The number of benzene rings is 4. The number of carbonyl (C=O) groups excluding carboxylic acids is 3. The first-order chi connectivity index (χ1) is 21.4. The molecular formula is C35H32N4O4S. The van der Waals surface area contributed by atoms with E-state index in [9.17, 15) is 14.4 Å². The average Bonchev–Trinajstić information content (AvgIpc) is 3.45. The number of fused-ring (bicyclic) bond motifs is 1. The molecule has 0 saturated carbocycles. The van der Waals surface area contributed by atoms with Gasteiger partial charge in [0.2, 0.25) is 5.91 Å². The normalized spacial score (nSPS) is 11.9. The highest BCUT2D eigenvalue weighted by Crippen LogP contribution is 2.27. The lowest BCUT2D eigenvalue weighted by molar-refractivity contribution is -0.115. The molecular weight excluding hydrogens is 572 g/mol. The Kier molecular flexibility index (Phi) is 9.78. The number of hydrogen-bond acceptors (Lipinski definition) is 5. The van der Waals surface area contributed by atoms with Gasteiger partial charge in [-0.3, -0.25) is 14.4 Å². The van der Waals surface area contributed by atoms with Gasteiger partial charge in [-0.2, -0.15) is 0 Å². The predicted molar refractivity (Wildman–Crippen MR) is 177 cm³/mol. The molecule has 9 heteroatoms. The molecule has 4 aromatic carbocycles. The van der Waals surface area contributed by atoms with Crippen LogP contribution in [-0.2, 0) is 9.59 Å². The molecule has 0 fully saturated rings. The van der Waals surface area contributed by atoms with Gasteiger partial charge in [0.1, 0.15) is 11.4 Å². The minimum absolute atomic E-state index is 0.0987. The summed E-state index contributed by atoms with van der Waals surface area (Å²) in [6.45, 7) is 4.33. The molecule has 4 N–H and O–H groups in total. The van der Waals surface area contributed by atoms with Gasteiger partial charge >= 0.3 is 0 Å². The van der Waals surface area contributed by atoms with Gasteiger partial charge < -0.3 is 25.7 Å². The lowest BCUT2D eigenvalue weighted by Gasteiger charge is -2.14. The van der Waals surface area contributed by atoms with E-state index in [1.165, 1.54) is 11.8 Å². The Hall–Kier alpha value is -5.28. The SMILES string of the molecule is CCOc1ccc(NC(=O)[C@H](C)Sc2ccc(NC(=O)/C(=C\c3c[nH]c4ccccc34)NC(=O)c3ccccc3)cc2)cc1. The number of amides is 3. The predicted octanol–water partition coefficient (Wildman–Crippen LogP) is 7.10. The molecule has 0 aliphatic carbocycles. The van der Waals surface area contributed by atoms with Gasteiger partial charge in [0, 0.05) is 44.5 Å². The number of H-pyrrole nitrogens is 1. The second-order valence-corrected chi connectivity index (χ2v) is 11.3. The minimum atomic E-state index is -0.469. The van der Waals surface area contributed by atoms with Crippen molar-refractivity contribution < 1.29 is 19.1 Å². The van der Waals surface area contributed by atoms with Crippen LogP contribution in [0.2, 0.25) is 0 Å². The van der Waals surface area contributed by atoms with E-state index in [1.807, 2.05) is 68.4 Å². The number of carbonyl (C=O) groups is 3. The molecule has 0 unspecified atom stereocenters. The molecule has 44 heavy (non-hydrogen) atoms. The summed E-state index contributed by atoms with van der Waals surface area (Å²) >= 11 is 1.40. The third-order valence-corrected chi connectivity index (χ3v) is 7.79. The minimum Gasteiger partial charge on any atom is -0.494 e. The zero-order valence-electron chi connectivity index (χ0n) is 24.3. The molecule has 1 aromatic heterocycles. The van der Waals surface area contributed by atoms with Gasteiger partial charge in [0.15, 0.2) is 0 Å². The summed E-state index contributed by atoms with van der Waals surface area (Å²) in [5, 5.41) is 9.14. The van der Waals surface area contributed by atoms with E-state index in [0.29, 0.717) is 23.5 Å². The molecule has 0 radical (unpaired) electrons. The molecule has 3 amide bonds. The summed E-state index contributed by atoms with van der Waals surface area (Å²) in [7, 11) is 0. The Morgan fingerprint density at radius 1 is 0.841 bits per heavy atom. The molecule has 5 rings (SSSR count). The third-order valence-electron chi connectivity index (χ3n) is 6.68. The number of rotatable bonds is 11. The number of hydrogen-bond donors (Lipinski definition) is 4. The summed E-state index contributed by atoms with van der Waals surface area (Å²) in [6.07, 6.45) is 3.45. The van der Waals surface area contributed by atoms with Crippen LogP contribution < -0.4 is 20.7 Å². The fraction of sp³-hybridized carbons (Fsp3) is 0.114. The van der Waals surface area contributed by atoms with Crippen LogP contribution in [0.4, 0.5) is 11.4 Å². The molecule has 1 heterocycles. The summed E-state index contributed by atoms with van der Waals surface area (Å²) in [4.78, 5) is 43.2. The van der Waals surface area contributed by atoms with Crippen LogP contribution in [0, 0.1) is 0 Å². The van der Waals surface area contributed by atoms with E-state index in [0.717, 1.165) is 27.1 Å². The maximum absolute atomic E-state index is 13.5. The van der Waals surface area contributed by atoms with E-state index >= 15 is 0 Å². The highest BCUT2D eigenvalue weighted by atomic mass is 32.2. The lowest BCUT2D eigenvalue weighted by atomic mass is 10.1. The zero-order chi connectivity index (χ0) is 30.9. The molecule has 0 spiro atoms. The number of nitrogens with one attached hydrogen (secondary N) is 4. The van der Waals surface area contributed by atoms with Crippen LogP contribution in [0.25, 0.3) is 17.0 Å². The van der Waals surface area contributed by atoms with E-state index in [4.69, 9.17) is 4.74 Å². The Morgan fingerprint density at radius 3 is 2.23 bits per heavy atom. The first kappa shape index (κ1) is 30.2. The van der Waals surface area contributed by atoms with Gasteiger partial charge in [-0.15, -0.1) is 11.8 Å². The van der Waals surface area contributed by atoms with Crippen LogP contribution in [0.3, 0.4) is 0 Å². The molecule has 0 aliphatic heterocycles. The number of thioether (sulfide) groups is 1. The molecule has 8 nitrogen and oxygen atoms in total. The van der Waals surface area contributed by atoms with Gasteiger partial charge in [0.05, 0.1) is 11.9 Å². The Labute approximate surface area is 259 Å². The maximum atomic E-state index is 13.5. The van der Waals surface area contributed by atoms with E-state index in [2.05, 4.69) is 20.9 Å². The van der Waals surface area contributed by atoms with Crippen molar-refractivity contribution in [3.63, 3.8) is 0 Å². The van der Waals surface area contributed by atoms with Crippen molar-refractivity contribution in [1.29, 1.82) is 0 Å². The molecule has 0 aliphatic rings. The molecule has 0 bridgehead atoms. The number of anilines is 2. The summed E-state index contributed by atoms with van der Waals surface area (Å²) in [5.41, 5.74) is 3.46. The van der Waals surface area contributed by atoms with Crippen molar-refractivity contribution in [1.82, 2.24) is 10.3 Å².